The Balaban J connectivity index is 1.97. The van der Waals surface area contributed by atoms with Gasteiger partial charge in [-0.15, -0.1) is 11.3 Å². The van der Waals surface area contributed by atoms with E-state index in [9.17, 15) is 16.8 Å². The highest BCUT2D eigenvalue weighted by Gasteiger charge is 2.20. The van der Waals surface area contributed by atoms with E-state index in [2.05, 4.69) is 4.72 Å². The number of furan rings is 1. The molecule has 122 valence electrons. The van der Waals surface area contributed by atoms with Crippen molar-refractivity contribution in [2.24, 2.45) is 0 Å². The molecule has 1 N–H and O–H groups in total. The van der Waals surface area contributed by atoms with E-state index in [1.54, 1.807) is 23.6 Å². The van der Waals surface area contributed by atoms with Crippen LogP contribution >= 0.6 is 11.3 Å². The maximum atomic E-state index is 12.0. The zero-order chi connectivity index (χ0) is 16.2. The van der Waals surface area contributed by atoms with Crippen LogP contribution < -0.4 is 4.72 Å². The minimum Gasteiger partial charge on any atom is -0.468 e. The Morgan fingerprint density at radius 3 is 2.55 bits per heavy atom. The molecule has 2 heterocycles. The smallest absolute Gasteiger partial charge is 0.250 e. The molecule has 0 fully saturated rings. The number of sulfonamides is 2. The minimum absolute atomic E-state index is 0.0180. The molecule has 0 amide bonds. The van der Waals surface area contributed by atoms with Crippen LogP contribution in [0, 0.1) is 0 Å². The zero-order valence-electron chi connectivity index (χ0n) is 11.8. The standard InChI is InChI=1S/C12H16N2O5S3/c1-21(15,16)14(10-11-4-2-8-19-11)7-6-13-22(17,18)12-5-3-9-20-12/h2-5,8-9,13H,6-7,10H2,1H3. The molecule has 2 rings (SSSR count). The molecule has 7 nitrogen and oxygen atoms in total. The van der Waals surface area contributed by atoms with E-state index in [1.165, 1.54) is 12.3 Å². The fraction of sp³-hybridized carbons (Fsp3) is 0.333. The van der Waals surface area contributed by atoms with Crippen LogP contribution in [0.4, 0.5) is 0 Å². The zero-order valence-corrected chi connectivity index (χ0v) is 14.2. The lowest BCUT2D eigenvalue weighted by Gasteiger charge is -2.18. The summed E-state index contributed by atoms with van der Waals surface area (Å²) in [7, 11) is -7.07. The average Bonchev–Trinajstić information content (AvgIpc) is 3.10. The van der Waals surface area contributed by atoms with E-state index < -0.39 is 20.0 Å². The molecule has 0 unspecified atom stereocenters. The van der Waals surface area contributed by atoms with Crippen molar-refractivity contribution in [3.8, 4) is 0 Å². The maximum Gasteiger partial charge on any atom is 0.250 e. The van der Waals surface area contributed by atoms with Gasteiger partial charge in [-0.1, -0.05) is 6.07 Å². The predicted molar refractivity (Wildman–Crippen MR) is 83.5 cm³/mol. The Kier molecular flexibility index (Phi) is 5.40. The van der Waals surface area contributed by atoms with Gasteiger partial charge in [-0.05, 0) is 23.6 Å². The summed E-state index contributed by atoms with van der Waals surface area (Å²) in [6.07, 6.45) is 2.53. The van der Waals surface area contributed by atoms with Gasteiger partial charge in [0.1, 0.15) is 9.97 Å². The second-order valence-electron chi connectivity index (χ2n) is 4.51. The van der Waals surface area contributed by atoms with Crippen LogP contribution in [0.15, 0.2) is 44.5 Å². The van der Waals surface area contributed by atoms with Gasteiger partial charge in [0.15, 0.2) is 0 Å². The molecule has 22 heavy (non-hydrogen) atoms. The molecule has 0 aromatic carbocycles. The van der Waals surface area contributed by atoms with E-state index in [1.807, 2.05) is 0 Å². The molecule has 0 radical (unpaired) electrons. The lowest BCUT2D eigenvalue weighted by atomic mass is 10.4. The van der Waals surface area contributed by atoms with Crippen LogP contribution in [0.2, 0.25) is 0 Å². The van der Waals surface area contributed by atoms with Crippen LogP contribution in [0.5, 0.6) is 0 Å². The van der Waals surface area contributed by atoms with Crippen LogP contribution in [0.3, 0.4) is 0 Å². The van der Waals surface area contributed by atoms with Crippen LogP contribution in [-0.2, 0) is 26.6 Å². The molecular weight excluding hydrogens is 348 g/mol. The second kappa shape index (κ2) is 6.92. The minimum atomic E-state index is -3.60. The summed E-state index contributed by atoms with van der Waals surface area (Å²) in [5.41, 5.74) is 0. The normalized spacial score (nSPS) is 12.8. The quantitative estimate of drug-likeness (QED) is 0.756. The number of thiophene rings is 1. The van der Waals surface area contributed by atoms with Crippen molar-refractivity contribution < 1.29 is 21.3 Å². The first kappa shape index (κ1) is 17.2. The van der Waals surface area contributed by atoms with Crippen molar-refractivity contribution in [1.29, 1.82) is 0 Å². The fourth-order valence-corrected chi connectivity index (χ4v) is 4.57. The van der Waals surface area contributed by atoms with Gasteiger partial charge >= 0.3 is 0 Å². The third-order valence-corrected chi connectivity index (χ3v) is 6.90. The first-order valence-corrected chi connectivity index (χ1v) is 10.5. The van der Waals surface area contributed by atoms with Gasteiger partial charge in [0, 0.05) is 13.1 Å². The van der Waals surface area contributed by atoms with E-state index in [0.717, 1.165) is 21.9 Å². The van der Waals surface area contributed by atoms with E-state index in [-0.39, 0.29) is 23.8 Å². The van der Waals surface area contributed by atoms with Gasteiger partial charge in [-0.25, -0.2) is 21.6 Å². The van der Waals surface area contributed by atoms with Crippen molar-refractivity contribution in [3.63, 3.8) is 0 Å². The highest BCUT2D eigenvalue weighted by Crippen LogP contribution is 2.15. The summed E-state index contributed by atoms with van der Waals surface area (Å²) in [5.74, 6) is 0.492. The van der Waals surface area contributed by atoms with Gasteiger partial charge in [-0.2, -0.15) is 4.31 Å². The predicted octanol–water partition coefficient (Wildman–Crippen LogP) is 1.08. The van der Waals surface area contributed by atoms with Crippen LogP contribution in [0.25, 0.3) is 0 Å². The number of nitrogens with zero attached hydrogens (tertiary/aromatic N) is 1. The lowest BCUT2D eigenvalue weighted by molar-refractivity contribution is 0.368. The highest BCUT2D eigenvalue weighted by atomic mass is 32.2. The summed E-state index contributed by atoms with van der Waals surface area (Å²) in [4.78, 5) is 0. The van der Waals surface area contributed by atoms with Crippen molar-refractivity contribution >= 4 is 31.4 Å². The van der Waals surface area contributed by atoms with Gasteiger partial charge in [0.25, 0.3) is 0 Å². The average molecular weight is 364 g/mol. The Morgan fingerprint density at radius 1 is 1.23 bits per heavy atom. The molecule has 0 aliphatic rings. The molecular formula is C12H16N2O5S3. The van der Waals surface area contributed by atoms with E-state index >= 15 is 0 Å². The molecule has 2 aromatic rings. The van der Waals surface area contributed by atoms with Crippen molar-refractivity contribution in [1.82, 2.24) is 9.03 Å². The van der Waals surface area contributed by atoms with E-state index in [4.69, 9.17) is 4.42 Å². The van der Waals surface area contributed by atoms with E-state index in [0.29, 0.717) is 5.76 Å². The molecule has 10 heteroatoms. The third-order valence-electron chi connectivity index (χ3n) is 2.79. The Labute approximate surface area is 133 Å². The number of rotatable bonds is 8. The first-order valence-electron chi connectivity index (χ1n) is 6.30. The topological polar surface area (TPSA) is 96.7 Å². The molecule has 0 spiro atoms. The summed E-state index contributed by atoms with van der Waals surface area (Å²) in [6, 6.07) is 6.45. The largest absolute Gasteiger partial charge is 0.468 e. The molecule has 0 aliphatic carbocycles. The second-order valence-corrected chi connectivity index (χ2v) is 9.43. The van der Waals surface area contributed by atoms with Gasteiger partial charge in [0.05, 0.1) is 19.1 Å². The highest BCUT2D eigenvalue weighted by molar-refractivity contribution is 7.91. The molecule has 0 saturated heterocycles. The lowest BCUT2D eigenvalue weighted by Crippen LogP contribution is -2.37. The first-order chi connectivity index (χ1) is 10.3. The Hall–Kier alpha value is -1.20. The number of hydrogen-bond donors (Lipinski definition) is 1. The monoisotopic (exact) mass is 364 g/mol. The summed E-state index contributed by atoms with van der Waals surface area (Å²) >= 11 is 1.10. The fourth-order valence-electron chi connectivity index (χ4n) is 1.73. The number of hydrogen-bond acceptors (Lipinski definition) is 6. The van der Waals surface area contributed by atoms with Crippen molar-refractivity contribution in [2.45, 2.75) is 10.8 Å². The third kappa shape index (κ3) is 4.65. The summed E-state index contributed by atoms with van der Waals surface area (Å²) in [5, 5.41) is 1.66. The molecule has 0 bridgehead atoms. The Bertz CT molecular complexity index is 780. The number of nitrogens with one attached hydrogen (secondary N) is 1. The van der Waals surface area contributed by atoms with Crippen molar-refractivity contribution in [3.05, 3.63) is 41.7 Å². The molecule has 2 aromatic heterocycles. The van der Waals surface area contributed by atoms with Crippen molar-refractivity contribution in [2.75, 3.05) is 19.3 Å². The van der Waals surface area contributed by atoms with Gasteiger partial charge < -0.3 is 4.42 Å². The van der Waals surface area contributed by atoms with Crippen LogP contribution in [0.1, 0.15) is 5.76 Å². The molecule has 0 aliphatic heterocycles. The van der Waals surface area contributed by atoms with Crippen LogP contribution in [-0.4, -0.2) is 40.5 Å². The maximum absolute atomic E-state index is 12.0. The summed E-state index contributed by atoms with van der Waals surface area (Å²) in [6.45, 7) is 0.0602. The molecule has 0 atom stereocenters. The summed E-state index contributed by atoms with van der Waals surface area (Å²) < 4.78 is 56.3. The Morgan fingerprint density at radius 2 is 2.00 bits per heavy atom. The SMILES string of the molecule is CS(=O)(=O)N(CCNS(=O)(=O)c1cccs1)Cc1ccco1. The van der Waals surface area contributed by atoms with Gasteiger partial charge in [-0.3, -0.25) is 0 Å². The van der Waals surface area contributed by atoms with Gasteiger partial charge in [0.2, 0.25) is 20.0 Å². The molecule has 0 saturated carbocycles.